The summed E-state index contributed by atoms with van der Waals surface area (Å²) in [4.78, 5) is 21.6. The SMILES string of the molecule is CCn1cc(-c2ccncc2)c(-c2ccc(OCc3cc(C(=O)N=S(C)(C)=O)c4ccccc4n3)cc2)n1. The van der Waals surface area contributed by atoms with Gasteiger partial charge in [0.05, 0.1) is 16.8 Å². The zero-order chi connectivity index (χ0) is 26.7. The lowest BCUT2D eigenvalue weighted by Gasteiger charge is -2.10. The minimum Gasteiger partial charge on any atom is -0.487 e. The molecular weight excluding hydrogens is 498 g/mol. The van der Waals surface area contributed by atoms with Crippen LogP contribution in [0.3, 0.4) is 0 Å². The lowest BCUT2D eigenvalue weighted by atomic mass is 10.0. The van der Waals surface area contributed by atoms with Gasteiger partial charge in [-0.05, 0) is 61.0 Å². The highest BCUT2D eigenvalue weighted by molar-refractivity contribution is 7.92. The number of ether oxygens (including phenoxy) is 1. The Morgan fingerprint density at radius 3 is 2.45 bits per heavy atom. The Balaban J connectivity index is 1.40. The molecule has 0 aliphatic carbocycles. The van der Waals surface area contributed by atoms with Crippen molar-refractivity contribution < 1.29 is 13.7 Å². The molecule has 0 spiro atoms. The number of carbonyl (C=O) groups is 1. The first-order valence-electron chi connectivity index (χ1n) is 12.1. The van der Waals surface area contributed by atoms with Gasteiger partial charge in [0.2, 0.25) is 0 Å². The van der Waals surface area contributed by atoms with Gasteiger partial charge in [0, 0.05) is 63.9 Å². The summed E-state index contributed by atoms with van der Waals surface area (Å²) >= 11 is 0. The summed E-state index contributed by atoms with van der Waals surface area (Å²) in [5.41, 5.74) is 5.53. The largest absolute Gasteiger partial charge is 0.487 e. The molecule has 0 aliphatic heterocycles. The van der Waals surface area contributed by atoms with Crippen LogP contribution in [-0.4, -0.2) is 42.4 Å². The average Bonchev–Trinajstić information content (AvgIpc) is 3.36. The first kappa shape index (κ1) is 25.3. The van der Waals surface area contributed by atoms with E-state index >= 15 is 0 Å². The zero-order valence-electron chi connectivity index (χ0n) is 21.4. The van der Waals surface area contributed by atoms with Gasteiger partial charge in [-0.1, -0.05) is 18.2 Å². The summed E-state index contributed by atoms with van der Waals surface area (Å²) in [6, 6.07) is 20.7. The number of para-hydroxylation sites is 1. The Labute approximate surface area is 221 Å². The third-order valence-corrected chi connectivity index (χ3v) is 6.50. The number of hydrogen-bond acceptors (Lipinski definition) is 6. The summed E-state index contributed by atoms with van der Waals surface area (Å²) in [6.45, 7) is 2.98. The van der Waals surface area contributed by atoms with Crippen molar-refractivity contribution in [3.8, 4) is 28.1 Å². The molecule has 5 rings (SSSR count). The number of aromatic nitrogens is 4. The van der Waals surface area contributed by atoms with Gasteiger partial charge in [0.15, 0.2) is 0 Å². The Kier molecular flexibility index (Phi) is 7.02. The van der Waals surface area contributed by atoms with E-state index in [2.05, 4.69) is 21.3 Å². The van der Waals surface area contributed by atoms with Crippen molar-refractivity contribution in [1.82, 2.24) is 19.7 Å². The van der Waals surface area contributed by atoms with Crippen molar-refractivity contribution in [2.45, 2.75) is 20.1 Å². The molecule has 0 saturated carbocycles. The number of hydrogen-bond donors (Lipinski definition) is 0. The number of fused-ring (bicyclic) bond motifs is 1. The molecule has 0 aliphatic rings. The number of carbonyl (C=O) groups excluding carboxylic acids is 1. The van der Waals surface area contributed by atoms with E-state index in [-0.39, 0.29) is 6.61 Å². The van der Waals surface area contributed by atoms with Crippen LogP contribution in [0.5, 0.6) is 5.75 Å². The standard InChI is InChI=1S/C29H27N5O3S/c1-4-34-18-26(20-13-15-30-16-14-20)28(32-34)21-9-11-23(12-10-21)37-19-22-17-25(29(35)33-38(2,3)36)24-7-5-6-8-27(24)31-22/h5-18H,4,19H2,1-3H3. The van der Waals surface area contributed by atoms with Crippen molar-refractivity contribution in [3.63, 3.8) is 0 Å². The molecule has 0 fully saturated rings. The van der Waals surface area contributed by atoms with Crippen LogP contribution in [-0.2, 0) is 22.9 Å². The van der Waals surface area contributed by atoms with Gasteiger partial charge in [-0.15, -0.1) is 0 Å². The molecule has 8 nitrogen and oxygen atoms in total. The van der Waals surface area contributed by atoms with Crippen LogP contribution in [0.4, 0.5) is 0 Å². The van der Waals surface area contributed by atoms with E-state index in [4.69, 9.17) is 9.84 Å². The van der Waals surface area contributed by atoms with Gasteiger partial charge in [0.1, 0.15) is 18.1 Å². The van der Waals surface area contributed by atoms with Crippen molar-refractivity contribution in [3.05, 3.63) is 96.6 Å². The maximum Gasteiger partial charge on any atom is 0.285 e. The molecule has 2 aromatic carbocycles. The Bertz CT molecular complexity index is 1730. The second kappa shape index (κ2) is 10.5. The lowest BCUT2D eigenvalue weighted by molar-refractivity contribution is 0.101. The molecule has 0 bridgehead atoms. The molecule has 0 saturated heterocycles. The minimum atomic E-state index is -2.59. The third-order valence-electron chi connectivity index (χ3n) is 5.89. The molecule has 1 amide bonds. The van der Waals surface area contributed by atoms with Gasteiger partial charge in [-0.2, -0.15) is 9.46 Å². The highest BCUT2D eigenvalue weighted by atomic mass is 32.2. The topological polar surface area (TPSA) is 99.3 Å². The first-order chi connectivity index (χ1) is 18.3. The predicted molar refractivity (Wildman–Crippen MR) is 149 cm³/mol. The van der Waals surface area contributed by atoms with Crippen molar-refractivity contribution in [2.24, 2.45) is 4.36 Å². The van der Waals surface area contributed by atoms with E-state index in [1.165, 1.54) is 12.5 Å². The maximum absolute atomic E-state index is 12.8. The summed E-state index contributed by atoms with van der Waals surface area (Å²) in [5, 5.41) is 5.42. The summed E-state index contributed by atoms with van der Waals surface area (Å²) in [7, 11) is -2.59. The second-order valence-electron chi connectivity index (χ2n) is 9.05. The number of aryl methyl sites for hydroxylation is 1. The zero-order valence-corrected chi connectivity index (χ0v) is 22.2. The summed E-state index contributed by atoms with van der Waals surface area (Å²) < 4.78 is 23.9. The van der Waals surface area contributed by atoms with Gasteiger partial charge >= 0.3 is 0 Å². The molecule has 5 aromatic rings. The molecule has 3 heterocycles. The van der Waals surface area contributed by atoms with Gasteiger partial charge in [-0.25, -0.2) is 9.19 Å². The Morgan fingerprint density at radius 2 is 1.74 bits per heavy atom. The fourth-order valence-electron chi connectivity index (χ4n) is 4.14. The van der Waals surface area contributed by atoms with Crippen LogP contribution in [0.25, 0.3) is 33.3 Å². The second-order valence-corrected chi connectivity index (χ2v) is 11.6. The molecule has 0 radical (unpaired) electrons. The summed E-state index contributed by atoms with van der Waals surface area (Å²) in [6.07, 6.45) is 8.47. The smallest absolute Gasteiger partial charge is 0.285 e. The number of pyridine rings is 2. The van der Waals surface area contributed by atoms with Crippen LogP contribution in [0.15, 0.2) is 89.7 Å². The summed E-state index contributed by atoms with van der Waals surface area (Å²) in [5.74, 6) is 0.132. The molecule has 192 valence electrons. The Morgan fingerprint density at radius 1 is 1.00 bits per heavy atom. The molecule has 0 atom stereocenters. The van der Waals surface area contributed by atoms with E-state index in [1.807, 2.05) is 71.5 Å². The van der Waals surface area contributed by atoms with Crippen LogP contribution in [0.2, 0.25) is 0 Å². The molecule has 0 unspecified atom stereocenters. The first-order valence-corrected chi connectivity index (χ1v) is 14.4. The minimum absolute atomic E-state index is 0.158. The fraction of sp³-hybridized carbons (Fsp3) is 0.172. The van der Waals surface area contributed by atoms with Crippen molar-refractivity contribution >= 4 is 26.5 Å². The monoisotopic (exact) mass is 525 g/mol. The van der Waals surface area contributed by atoms with E-state index in [1.54, 1.807) is 18.5 Å². The molecule has 3 aromatic heterocycles. The number of benzene rings is 2. The molecule has 9 heteroatoms. The number of nitrogens with zero attached hydrogens (tertiary/aromatic N) is 5. The van der Waals surface area contributed by atoms with Crippen LogP contribution < -0.4 is 4.74 Å². The molecule has 38 heavy (non-hydrogen) atoms. The van der Waals surface area contributed by atoms with Gasteiger partial charge in [-0.3, -0.25) is 14.5 Å². The quantitative estimate of drug-likeness (QED) is 0.273. The maximum atomic E-state index is 12.8. The number of amides is 1. The van der Waals surface area contributed by atoms with Crippen molar-refractivity contribution in [1.29, 1.82) is 0 Å². The average molecular weight is 526 g/mol. The highest BCUT2D eigenvalue weighted by Gasteiger charge is 2.15. The van der Waals surface area contributed by atoms with Gasteiger partial charge in [0.25, 0.3) is 5.91 Å². The van der Waals surface area contributed by atoms with Crippen LogP contribution >= 0.6 is 0 Å². The molecular formula is C29H27N5O3S. The van der Waals surface area contributed by atoms with Crippen molar-refractivity contribution in [2.75, 3.05) is 12.5 Å². The third kappa shape index (κ3) is 5.63. The lowest BCUT2D eigenvalue weighted by Crippen LogP contribution is -2.06. The van der Waals surface area contributed by atoms with E-state index < -0.39 is 15.6 Å². The van der Waals surface area contributed by atoms with E-state index in [0.29, 0.717) is 27.9 Å². The predicted octanol–water partition coefficient (Wildman–Crippen LogP) is 5.63. The molecule has 0 N–H and O–H groups in total. The normalized spacial score (nSPS) is 11.4. The fourth-order valence-corrected chi connectivity index (χ4v) is 4.63. The van der Waals surface area contributed by atoms with E-state index in [9.17, 15) is 9.00 Å². The van der Waals surface area contributed by atoms with Crippen LogP contribution in [0.1, 0.15) is 23.0 Å². The number of rotatable bonds is 7. The highest BCUT2D eigenvalue weighted by Crippen LogP contribution is 2.32. The van der Waals surface area contributed by atoms with Crippen LogP contribution in [0, 0.1) is 0 Å². The van der Waals surface area contributed by atoms with Gasteiger partial charge < -0.3 is 4.74 Å². The van der Waals surface area contributed by atoms with E-state index in [0.717, 1.165) is 28.9 Å². The Hall–Kier alpha value is -4.37.